The van der Waals surface area contributed by atoms with Crippen LogP contribution in [0.2, 0.25) is 5.02 Å². The van der Waals surface area contributed by atoms with Crippen molar-refractivity contribution >= 4 is 39.4 Å². The number of rotatable bonds is 12. The predicted molar refractivity (Wildman–Crippen MR) is 163 cm³/mol. The summed E-state index contributed by atoms with van der Waals surface area (Å²) in [5.41, 5.74) is 5.23. The molecule has 0 spiro atoms. The number of hydrogen-bond donors (Lipinski definition) is 1. The Morgan fingerprint density at radius 3 is 2.21 bits per heavy atom. The topological polar surface area (TPSA) is 107 Å². The second-order valence-electron chi connectivity index (χ2n) is 9.14. The van der Waals surface area contributed by atoms with Crippen molar-refractivity contribution in [3.8, 4) is 17.2 Å². The van der Waals surface area contributed by atoms with Gasteiger partial charge in [0.2, 0.25) is 0 Å². The zero-order valence-corrected chi connectivity index (χ0v) is 24.9. The van der Waals surface area contributed by atoms with Crippen LogP contribution in [0.1, 0.15) is 16.7 Å². The molecule has 4 aromatic carbocycles. The van der Waals surface area contributed by atoms with Gasteiger partial charge in [0.05, 0.1) is 31.0 Å². The third-order valence-corrected chi connectivity index (χ3v) is 8.19. The van der Waals surface area contributed by atoms with E-state index in [0.717, 1.165) is 15.4 Å². The SMILES string of the molecule is COc1ccc(N(CC(=O)N/N=C\c2ccc(OCc3ccc(Cl)cc3)cc2)S(=O)(=O)c2ccc(C)cc2)cc1OC. The van der Waals surface area contributed by atoms with Crippen LogP contribution in [-0.2, 0) is 21.4 Å². The fourth-order valence-corrected chi connectivity index (χ4v) is 5.41. The van der Waals surface area contributed by atoms with Gasteiger partial charge in [-0.3, -0.25) is 9.10 Å². The molecule has 0 aliphatic rings. The number of benzene rings is 4. The molecule has 0 aromatic heterocycles. The van der Waals surface area contributed by atoms with Crippen molar-refractivity contribution in [3.05, 3.63) is 113 Å². The second-order valence-corrected chi connectivity index (χ2v) is 11.4. The number of anilines is 1. The maximum absolute atomic E-state index is 13.6. The molecule has 11 heteroatoms. The number of carbonyl (C=O) groups excluding carboxylic acids is 1. The van der Waals surface area contributed by atoms with E-state index >= 15 is 0 Å². The van der Waals surface area contributed by atoms with Crippen LogP contribution in [0.5, 0.6) is 17.2 Å². The van der Waals surface area contributed by atoms with Gasteiger partial charge < -0.3 is 14.2 Å². The van der Waals surface area contributed by atoms with Crippen molar-refractivity contribution in [2.24, 2.45) is 5.10 Å². The fraction of sp³-hybridized carbons (Fsp3) is 0.161. The van der Waals surface area contributed by atoms with Crippen LogP contribution >= 0.6 is 11.6 Å². The van der Waals surface area contributed by atoms with E-state index in [1.165, 1.54) is 38.6 Å². The average Bonchev–Trinajstić information content (AvgIpc) is 3.00. The zero-order chi connectivity index (χ0) is 30.1. The highest BCUT2D eigenvalue weighted by Gasteiger charge is 2.28. The third kappa shape index (κ3) is 7.80. The molecule has 9 nitrogen and oxygen atoms in total. The molecule has 0 saturated heterocycles. The molecule has 0 saturated carbocycles. The summed E-state index contributed by atoms with van der Waals surface area (Å²) in [4.78, 5) is 12.9. The maximum Gasteiger partial charge on any atom is 0.264 e. The van der Waals surface area contributed by atoms with Gasteiger partial charge in [0.15, 0.2) is 11.5 Å². The van der Waals surface area contributed by atoms with Crippen LogP contribution in [0.3, 0.4) is 0 Å². The van der Waals surface area contributed by atoms with Gasteiger partial charge in [-0.2, -0.15) is 5.10 Å². The highest BCUT2D eigenvalue weighted by Crippen LogP contribution is 2.33. The molecular weight excluding hydrogens is 578 g/mol. The van der Waals surface area contributed by atoms with Gasteiger partial charge in [-0.05, 0) is 78.7 Å². The Morgan fingerprint density at radius 2 is 1.57 bits per heavy atom. The first-order valence-electron chi connectivity index (χ1n) is 12.8. The lowest BCUT2D eigenvalue weighted by atomic mass is 10.2. The van der Waals surface area contributed by atoms with Crippen LogP contribution in [0.25, 0.3) is 0 Å². The summed E-state index contributed by atoms with van der Waals surface area (Å²) in [6, 6.07) is 25.5. The van der Waals surface area contributed by atoms with E-state index < -0.39 is 22.5 Å². The van der Waals surface area contributed by atoms with Crippen LogP contribution in [-0.4, -0.2) is 41.3 Å². The number of methoxy groups -OCH3 is 2. The van der Waals surface area contributed by atoms with E-state index in [9.17, 15) is 13.2 Å². The van der Waals surface area contributed by atoms with Crippen molar-refractivity contribution in [1.82, 2.24) is 5.43 Å². The Labute approximate surface area is 250 Å². The number of nitrogens with zero attached hydrogens (tertiary/aromatic N) is 2. The lowest BCUT2D eigenvalue weighted by Crippen LogP contribution is -2.39. The highest BCUT2D eigenvalue weighted by molar-refractivity contribution is 7.92. The molecule has 0 bridgehead atoms. The van der Waals surface area contributed by atoms with Crippen LogP contribution in [0, 0.1) is 6.92 Å². The number of hydrogen-bond acceptors (Lipinski definition) is 7. The van der Waals surface area contributed by atoms with E-state index in [0.29, 0.717) is 34.4 Å². The zero-order valence-electron chi connectivity index (χ0n) is 23.3. The molecule has 0 aliphatic heterocycles. The van der Waals surface area contributed by atoms with E-state index in [1.54, 1.807) is 60.7 Å². The quantitative estimate of drug-likeness (QED) is 0.166. The highest BCUT2D eigenvalue weighted by atomic mass is 35.5. The van der Waals surface area contributed by atoms with E-state index in [2.05, 4.69) is 10.5 Å². The van der Waals surface area contributed by atoms with Crippen LogP contribution < -0.4 is 23.9 Å². The summed E-state index contributed by atoms with van der Waals surface area (Å²) in [5.74, 6) is 0.764. The van der Waals surface area contributed by atoms with E-state index in [-0.39, 0.29) is 10.6 Å². The second kappa shape index (κ2) is 13.9. The molecule has 1 N–H and O–H groups in total. The van der Waals surface area contributed by atoms with Gasteiger partial charge in [-0.1, -0.05) is 41.4 Å². The Morgan fingerprint density at radius 1 is 0.905 bits per heavy atom. The summed E-state index contributed by atoms with van der Waals surface area (Å²) in [6.07, 6.45) is 1.45. The molecule has 0 aliphatic carbocycles. The Kier molecular flexibility index (Phi) is 10.1. The van der Waals surface area contributed by atoms with Gasteiger partial charge >= 0.3 is 0 Å². The molecule has 0 fully saturated rings. The molecule has 0 unspecified atom stereocenters. The monoisotopic (exact) mass is 607 g/mol. The summed E-state index contributed by atoms with van der Waals surface area (Å²) in [6.45, 7) is 1.72. The number of hydrazone groups is 1. The Hall–Kier alpha value is -4.54. The van der Waals surface area contributed by atoms with Crippen molar-refractivity contribution in [3.63, 3.8) is 0 Å². The van der Waals surface area contributed by atoms with E-state index in [4.69, 9.17) is 25.8 Å². The molecular formula is C31H30ClN3O6S. The number of amides is 1. The smallest absolute Gasteiger partial charge is 0.264 e. The van der Waals surface area contributed by atoms with Crippen molar-refractivity contribution < 1.29 is 27.4 Å². The summed E-state index contributed by atoms with van der Waals surface area (Å²) in [7, 11) is -1.19. The summed E-state index contributed by atoms with van der Waals surface area (Å²) < 4.78 is 44.7. The number of nitrogens with one attached hydrogen (secondary N) is 1. The van der Waals surface area contributed by atoms with Gasteiger partial charge in [0.25, 0.3) is 15.9 Å². The standard InChI is InChI=1S/C31H30ClN3O6S/c1-22-4-15-28(16-5-22)42(37,38)35(26-12-17-29(39-2)30(18-26)40-3)20-31(36)34-33-19-23-8-13-27(14-9-23)41-21-24-6-10-25(32)11-7-24/h4-19H,20-21H2,1-3H3,(H,34,36)/b33-19-. The number of halogens is 1. The molecule has 4 rings (SSSR count). The molecule has 0 atom stereocenters. The van der Waals surface area contributed by atoms with Crippen LogP contribution in [0.4, 0.5) is 5.69 Å². The minimum atomic E-state index is -4.12. The molecule has 0 heterocycles. The van der Waals surface area contributed by atoms with Crippen molar-refractivity contribution in [2.75, 3.05) is 25.1 Å². The molecule has 1 amide bonds. The number of carbonyl (C=O) groups is 1. The number of aryl methyl sites for hydroxylation is 1. The summed E-state index contributed by atoms with van der Waals surface area (Å²) in [5, 5.41) is 4.67. The lowest BCUT2D eigenvalue weighted by molar-refractivity contribution is -0.119. The summed E-state index contributed by atoms with van der Waals surface area (Å²) >= 11 is 5.91. The minimum absolute atomic E-state index is 0.0394. The van der Waals surface area contributed by atoms with Crippen molar-refractivity contribution in [1.29, 1.82) is 0 Å². The minimum Gasteiger partial charge on any atom is -0.493 e. The Balaban J connectivity index is 1.45. The lowest BCUT2D eigenvalue weighted by Gasteiger charge is -2.24. The normalized spacial score (nSPS) is 11.2. The van der Waals surface area contributed by atoms with Crippen molar-refractivity contribution in [2.45, 2.75) is 18.4 Å². The van der Waals surface area contributed by atoms with Gasteiger partial charge in [0.1, 0.15) is 18.9 Å². The van der Waals surface area contributed by atoms with Gasteiger partial charge in [-0.25, -0.2) is 13.8 Å². The molecule has 0 radical (unpaired) electrons. The third-order valence-electron chi connectivity index (χ3n) is 6.15. The fourth-order valence-electron chi connectivity index (χ4n) is 3.87. The molecule has 42 heavy (non-hydrogen) atoms. The predicted octanol–water partition coefficient (Wildman–Crippen LogP) is 5.59. The van der Waals surface area contributed by atoms with Gasteiger partial charge in [0, 0.05) is 11.1 Å². The molecule has 4 aromatic rings. The Bertz CT molecular complexity index is 1640. The first-order valence-corrected chi connectivity index (χ1v) is 14.6. The first kappa shape index (κ1) is 30.4. The largest absolute Gasteiger partial charge is 0.493 e. The molecule has 218 valence electrons. The van der Waals surface area contributed by atoms with E-state index in [1.807, 2.05) is 19.1 Å². The maximum atomic E-state index is 13.6. The first-order chi connectivity index (χ1) is 20.2. The average molecular weight is 608 g/mol. The number of sulfonamides is 1. The van der Waals surface area contributed by atoms with Crippen LogP contribution in [0.15, 0.2) is 101 Å². The number of ether oxygens (including phenoxy) is 3. The van der Waals surface area contributed by atoms with Gasteiger partial charge in [-0.15, -0.1) is 0 Å².